The molecule has 3 aromatic rings. The molecule has 0 radical (unpaired) electrons. The Bertz CT molecular complexity index is 689. The van der Waals surface area contributed by atoms with Crippen molar-refractivity contribution in [3.8, 4) is 5.75 Å². The molecule has 0 aliphatic rings. The molecule has 0 fully saturated rings. The Kier molecular flexibility index (Phi) is 2.19. The van der Waals surface area contributed by atoms with Gasteiger partial charge in [0, 0.05) is 5.39 Å². The molecule has 0 aliphatic heterocycles. The van der Waals surface area contributed by atoms with Gasteiger partial charge in [0.25, 0.3) is 0 Å². The van der Waals surface area contributed by atoms with Crippen molar-refractivity contribution in [3.05, 3.63) is 36.2 Å². The normalized spacial score (nSPS) is 11.2. The van der Waals surface area contributed by atoms with Crippen LogP contribution in [0.25, 0.3) is 16.6 Å². The molecule has 0 aliphatic carbocycles. The molecule has 5 heteroatoms. The Balaban J connectivity index is 2.42. The summed E-state index contributed by atoms with van der Waals surface area (Å²) >= 11 is 0. The minimum absolute atomic E-state index is 0.367. The van der Waals surface area contributed by atoms with E-state index in [9.17, 15) is 0 Å². The Hall–Kier alpha value is -2.14. The molecule has 0 amide bonds. The van der Waals surface area contributed by atoms with Crippen molar-refractivity contribution in [1.82, 2.24) is 14.6 Å². The highest BCUT2D eigenvalue weighted by molar-refractivity contribution is 5.83. The fraction of sp³-hybridized carbons (Fsp3) is 0.167. The van der Waals surface area contributed by atoms with E-state index in [0.717, 1.165) is 28.1 Å². The lowest BCUT2D eigenvalue weighted by Gasteiger charge is -2.05. The number of nitrogens with zero attached hydrogens (tertiary/aromatic N) is 3. The summed E-state index contributed by atoms with van der Waals surface area (Å²) in [4.78, 5) is 0. The van der Waals surface area contributed by atoms with Gasteiger partial charge in [0.2, 0.25) is 0 Å². The molecule has 0 saturated carbocycles. The molecule has 0 unspecified atom stereocenters. The van der Waals surface area contributed by atoms with Crippen molar-refractivity contribution in [1.29, 1.82) is 0 Å². The third kappa shape index (κ3) is 1.43. The maximum absolute atomic E-state index is 5.66. The monoisotopic (exact) mass is 228 g/mol. The molecule has 0 bridgehead atoms. The zero-order valence-corrected chi connectivity index (χ0v) is 9.42. The van der Waals surface area contributed by atoms with Crippen LogP contribution >= 0.6 is 0 Å². The van der Waals surface area contributed by atoms with Gasteiger partial charge < -0.3 is 10.5 Å². The van der Waals surface area contributed by atoms with E-state index >= 15 is 0 Å². The Labute approximate surface area is 97.8 Å². The fourth-order valence-corrected chi connectivity index (χ4v) is 1.99. The number of methoxy groups -OCH3 is 1. The van der Waals surface area contributed by atoms with E-state index in [1.165, 1.54) is 0 Å². The largest absolute Gasteiger partial charge is 0.497 e. The van der Waals surface area contributed by atoms with E-state index in [1.54, 1.807) is 7.11 Å². The molecular formula is C12H12N4O. The minimum Gasteiger partial charge on any atom is -0.497 e. The first kappa shape index (κ1) is 10.0. The molecule has 1 aromatic carbocycles. The SMILES string of the molecule is COc1ccc2c(ccc3nnc(CN)n32)c1. The van der Waals surface area contributed by atoms with Gasteiger partial charge in [0.15, 0.2) is 11.5 Å². The Morgan fingerprint density at radius 1 is 1.24 bits per heavy atom. The lowest BCUT2D eigenvalue weighted by atomic mass is 10.2. The summed E-state index contributed by atoms with van der Waals surface area (Å²) < 4.78 is 7.17. The quantitative estimate of drug-likeness (QED) is 0.719. The van der Waals surface area contributed by atoms with Gasteiger partial charge in [0.1, 0.15) is 5.75 Å². The summed E-state index contributed by atoms with van der Waals surface area (Å²) in [6, 6.07) is 9.82. The van der Waals surface area contributed by atoms with Gasteiger partial charge >= 0.3 is 0 Å². The second-order valence-electron chi connectivity index (χ2n) is 3.77. The summed E-state index contributed by atoms with van der Waals surface area (Å²) in [5.41, 5.74) is 7.50. The predicted molar refractivity (Wildman–Crippen MR) is 64.9 cm³/mol. The van der Waals surface area contributed by atoms with Crippen molar-refractivity contribution in [3.63, 3.8) is 0 Å². The van der Waals surface area contributed by atoms with E-state index in [2.05, 4.69) is 10.2 Å². The van der Waals surface area contributed by atoms with Crippen LogP contribution in [-0.2, 0) is 6.54 Å². The predicted octanol–water partition coefficient (Wildman–Crippen LogP) is 1.35. The van der Waals surface area contributed by atoms with Gasteiger partial charge in [0.05, 0.1) is 19.2 Å². The lowest BCUT2D eigenvalue weighted by Crippen LogP contribution is -2.03. The molecule has 17 heavy (non-hydrogen) atoms. The highest BCUT2D eigenvalue weighted by atomic mass is 16.5. The van der Waals surface area contributed by atoms with Crippen LogP contribution in [0.1, 0.15) is 5.82 Å². The van der Waals surface area contributed by atoms with E-state index in [-0.39, 0.29) is 0 Å². The van der Waals surface area contributed by atoms with Crippen molar-refractivity contribution < 1.29 is 4.74 Å². The second kappa shape index (κ2) is 3.71. The zero-order chi connectivity index (χ0) is 11.8. The molecular weight excluding hydrogens is 216 g/mol. The van der Waals surface area contributed by atoms with Gasteiger partial charge in [-0.1, -0.05) is 0 Å². The Morgan fingerprint density at radius 2 is 2.12 bits per heavy atom. The number of rotatable bonds is 2. The molecule has 0 spiro atoms. The summed E-state index contributed by atoms with van der Waals surface area (Å²) in [6.45, 7) is 0.367. The van der Waals surface area contributed by atoms with Crippen molar-refractivity contribution >= 4 is 16.6 Å². The van der Waals surface area contributed by atoms with Gasteiger partial charge in [-0.15, -0.1) is 10.2 Å². The molecule has 3 rings (SSSR count). The highest BCUT2D eigenvalue weighted by Gasteiger charge is 2.07. The smallest absolute Gasteiger partial charge is 0.161 e. The van der Waals surface area contributed by atoms with E-state index < -0.39 is 0 Å². The number of fused-ring (bicyclic) bond motifs is 3. The van der Waals surface area contributed by atoms with Gasteiger partial charge in [-0.05, 0) is 30.3 Å². The third-order valence-electron chi connectivity index (χ3n) is 2.83. The van der Waals surface area contributed by atoms with E-state index in [0.29, 0.717) is 6.54 Å². The first-order valence-electron chi connectivity index (χ1n) is 5.34. The number of hydrogen-bond donors (Lipinski definition) is 1. The van der Waals surface area contributed by atoms with Crippen LogP contribution in [0.2, 0.25) is 0 Å². The van der Waals surface area contributed by atoms with Gasteiger partial charge in [-0.3, -0.25) is 4.40 Å². The average Bonchev–Trinajstić information content (AvgIpc) is 2.81. The molecule has 2 N–H and O–H groups in total. The standard InChI is InChI=1S/C12H12N4O/c1-17-9-3-4-10-8(6-9)2-5-11-14-15-12(7-13)16(10)11/h2-6H,7,13H2,1H3. The molecule has 0 atom stereocenters. The molecule has 86 valence electrons. The topological polar surface area (TPSA) is 65.4 Å². The first-order chi connectivity index (χ1) is 8.33. The van der Waals surface area contributed by atoms with Crippen molar-refractivity contribution in [2.45, 2.75) is 6.54 Å². The molecule has 5 nitrogen and oxygen atoms in total. The van der Waals surface area contributed by atoms with Crippen LogP contribution < -0.4 is 10.5 Å². The Morgan fingerprint density at radius 3 is 2.88 bits per heavy atom. The van der Waals surface area contributed by atoms with Crippen LogP contribution in [0.4, 0.5) is 0 Å². The number of benzene rings is 1. The van der Waals surface area contributed by atoms with Crippen LogP contribution in [-0.4, -0.2) is 21.7 Å². The summed E-state index contributed by atoms with van der Waals surface area (Å²) in [5, 5.41) is 9.22. The fourth-order valence-electron chi connectivity index (χ4n) is 1.99. The average molecular weight is 228 g/mol. The third-order valence-corrected chi connectivity index (χ3v) is 2.83. The number of ether oxygens (including phenoxy) is 1. The summed E-state index contributed by atoms with van der Waals surface area (Å²) in [7, 11) is 1.66. The van der Waals surface area contributed by atoms with Gasteiger partial charge in [-0.25, -0.2) is 0 Å². The minimum atomic E-state index is 0.367. The number of pyridine rings is 1. The molecule has 0 saturated heterocycles. The maximum Gasteiger partial charge on any atom is 0.161 e. The molecule has 2 aromatic heterocycles. The van der Waals surface area contributed by atoms with Crippen LogP contribution in [0.3, 0.4) is 0 Å². The van der Waals surface area contributed by atoms with Crippen molar-refractivity contribution in [2.75, 3.05) is 7.11 Å². The summed E-state index contributed by atoms with van der Waals surface area (Å²) in [6.07, 6.45) is 0. The number of hydrogen-bond acceptors (Lipinski definition) is 4. The van der Waals surface area contributed by atoms with Gasteiger partial charge in [-0.2, -0.15) is 0 Å². The lowest BCUT2D eigenvalue weighted by molar-refractivity contribution is 0.415. The first-order valence-corrected chi connectivity index (χ1v) is 5.34. The number of aromatic nitrogens is 3. The zero-order valence-electron chi connectivity index (χ0n) is 9.42. The molecule has 2 heterocycles. The highest BCUT2D eigenvalue weighted by Crippen LogP contribution is 2.22. The second-order valence-corrected chi connectivity index (χ2v) is 3.77. The van der Waals surface area contributed by atoms with E-state index in [1.807, 2.05) is 34.7 Å². The maximum atomic E-state index is 5.66. The van der Waals surface area contributed by atoms with E-state index in [4.69, 9.17) is 10.5 Å². The van der Waals surface area contributed by atoms with Crippen LogP contribution in [0, 0.1) is 0 Å². The van der Waals surface area contributed by atoms with Crippen LogP contribution in [0.5, 0.6) is 5.75 Å². The summed E-state index contributed by atoms with van der Waals surface area (Å²) in [5.74, 6) is 1.59. The number of nitrogens with two attached hydrogens (primary N) is 1. The van der Waals surface area contributed by atoms with Crippen LogP contribution in [0.15, 0.2) is 30.3 Å². The van der Waals surface area contributed by atoms with Crippen molar-refractivity contribution in [2.24, 2.45) is 5.73 Å².